The lowest BCUT2D eigenvalue weighted by Gasteiger charge is -2.10. The number of nitrogens with zero attached hydrogens (tertiary/aromatic N) is 2. The molecule has 0 aliphatic heterocycles. The number of amides is 1. The minimum atomic E-state index is -0.133. The predicted molar refractivity (Wildman–Crippen MR) is 103 cm³/mol. The molecule has 0 radical (unpaired) electrons. The molecule has 0 saturated heterocycles. The number of benzene rings is 1. The quantitative estimate of drug-likeness (QED) is 0.677. The van der Waals surface area contributed by atoms with Crippen LogP contribution in [0.1, 0.15) is 29.9 Å². The number of fused-ring (bicyclic) bond motifs is 1. The Labute approximate surface area is 161 Å². The highest BCUT2D eigenvalue weighted by molar-refractivity contribution is 6.36. The van der Waals surface area contributed by atoms with Crippen LogP contribution in [-0.4, -0.2) is 27.9 Å². The second-order valence-electron chi connectivity index (χ2n) is 6.17. The van der Waals surface area contributed by atoms with Gasteiger partial charge < -0.3 is 14.5 Å². The molecule has 3 rings (SSSR count). The van der Waals surface area contributed by atoms with Crippen molar-refractivity contribution in [2.24, 2.45) is 0 Å². The molecule has 1 amide bonds. The first-order valence-electron chi connectivity index (χ1n) is 8.30. The Bertz CT molecular complexity index is 920. The Hall–Kier alpha value is -2.24. The fourth-order valence-corrected chi connectivity index (χ4v) is 3.09. The lowest BCUT2D eigenvalue weighted by Crippen LogP contribution is -2.25. The van der Waals surface area contributed by atoms with E-state index in [9.17, 15) is 4.79 Å². The monoisotopic (exact) mass is 391 g/mol. The van der Waals surface area contributed by atoms with Gasteiger partial charge in [0.25, 0.3) is 5.91 Å². The highest BCUT2D eigenvalue weighted by Crippen LogP contribution is 2.21. The van der Waals surface area contributed by atoms with Gasteiger partial charge >= 0.3 is 0 Å². The number of ether oxygens (including phenoxy) is 1. The van der Waals surface area contributed by atoms with Crippen LogP contribution in [0, 0.1) is 0 Å². The van der Waals surface area contributed by atoms with Crippen molar-refractivity contribution in [3.05, 3.63) is 64.0 Å². The lowest BCUT2D eigenvalue weighted by atomic mass is 10.2. The fourth-order valence-electron chi connectivity index (χ4n) is 2.56. The molecular formula is C19H19Cl2N3O2. The largest absolute Gasteiger partial charge is 0.491 e. The van der Waals surface area contributed by atoms with Gasteiger partial charge in [-0.25, -0.2) is 4.98 Å². The molecule has 0 unspecified atom stereocenters. The fraction of sp³-hybridized carbons (Fsp3) is 0.263. The van der Waals surface area contributed by atoms with Gasteiger partial charge in [-0.15, -0.1) is 0 Å². The summed E-state index contributed by atoms with van der Waals surface area (Å²) in [7, 11) is 0. The first-order chi connectivity index (χ1) is 12.4. The summed E-state index contributed by atoms with van der Waals surface area (Å²) in [5, 5.41) is 3.93. The van der Waals surface area contributed by atoms with E-state index in [1.54, 1.807) is 40.9 Å². The number of imidazole rings is 1. The van der Waals surface area contributed by atoms with Gasteiger partial charge in [0.2, 0.25) is 0 Å². The molecule has 0 bridgehead atoms. The number of halogens is 2. The summed E-state index contributed by atoms with van der Waals surface area (Å²) in [5.74, 6) is 0.614. The lowest BCUT2D eigenvalue weighted by molar-refractivity contribution is 0.0954. The van der Waals surface area contributed by atoms with Crippen molar-refractivity contribution < 1.29 is 9.53 Å². The smallest absolute Gasteiger partial charge is 0.251 e. The molecule has 0 spiro atoms. The summed E-state index contributed by atoms with van der Waals surface area (Å²) < 4.78 is 7.36. The molecule has 7 heteroatoms. The summed E-state index contributed by atoms with van der Waals surface area (Å²) in [6, 6.07) is 8.74. The second-order valence-corrected chi connectivity index (χ2v) is 7.01. The number of nitrogens with one attached hydrogen (secondary N) is 1. The maximum atomic E-state index is 12.2. The van der Waals surface area contributed by atoms with Crippen LogP contribution in [0.25, 0.3) is 5.65 Å². The van der Waals surface area contributed by atoms with Crippen LogP contribution >= 0.6 is 23.2 Å². The molecule has 0 fully saturated rings. The van der Waals surface area contributed by atoms with Gasteiger partial charge in [0.15, 0.2) is 5.65 Å². The number of pyridine rings is 1. The maximum absolute atomic E-state index is 12.2. The Morgan fingerprint density at radius 1 is 1.23 bits per heavy atom. The van der Waals surface area contributed by atoms with Crippen molar-refractivity contribution in [3.8, 4) is 5.75 Å². The highest BCUT2D eigenvalue weighted by Gasteiger charge is 2.09. The third kappa shape index (κ3) is 4.48. The van der Waals surface area contributed by atoms with E-state index in [0.29, 0.717) is 34.2 Å². The van der Waals surface area contributed by atoms with Gasteiger partial charge in [0.05, 0.1) is 21.8 Å². The van der Waals surface area contributed by atoms with Gasteiger partial charge in [-0.05, 0) is 44.2 Å². The molecule has 2 heterocycles. The van der Waals surface area contributed by atoms with Crippen LogP contribution in [0.5, 0.6) is 5.75 Å². The van der Waals surface area contributed by atoms with E-state index >= 15 is 0 Å². The van der Waals surface area contributed by atoms with Crippen LogP contribution in [-0.2, 0) is 6.42 Å². The molecule has 0 atom stereocenters. The first kappa shape index (κ1) is 18.5. The summed E-state index contributed by atoms with van der Waals surface area (Å²) in [6.07, 6.45) is 4.30. The SMILES string of the molecule is CC(C)Oc1ccc(C(=O)NCCc2cn3cc(Cl)cc(Cl)c3n2)cc1. The Morgan fingerprint density at radius 3 is 2.65 bits per heavy atom. The molecule has 0 aliphatic carbocycles. The van der Waals surface area contributed by atoms with Gasteiger partial charge in [-0.2, -0.15) is 0 Å². The summed E-state index contributed by atoms with van der Waals surface area (Å²) in [4.78, 5) is 16.7. The predicted octanol–water partition coefficient (Wildman–Crippen LogP) is 4.40. The van der Waals surface area contributed by atoms with Crippen molar-refractivity contribution in [1.29, 1.82) is 0 Å². The summed E-state index contributed by atoms with van der Waals surface area (Å²) >= 11 is 12.1. The average molecular weight is 392 g/mol. The molecule has 26 heavy (non-hydrogen) atoms. The highest BCUT2D eigenvalue weighted by atomic mass is 35.5. The van der Waals surface area contributed by atoms with Crippen molar-refractivity contribution in [2.45, 2.75) is 26.4 Å². The van der Waals surface area contributed by atoms with E-state index in [1.807, 2.05) is 20.0 Å². The molecule has 1 aromatic carbocycles. The summed E-state index contributed by atoms with van der Waals surface area (Å²) in [6.45, 7) is 4.39. The van der Waals surface area contributed by atoms with Crippen LogP contribution in [0.4, 0.5) is 0 Å². The van der Waals surface area contributed by atoms with E-state index in [2.05, 4.69) is 10.3 Å². The number of rotatable bonds is 6. The van der Waals surface area contributed by atoms with Crippen molar-refractivity contribution in [1.82, 2.24) is 14.7 Å². The van der Waals surface area contributed by atoms with Crippen LogP contribution < -0.4 is 10.1 Å². The third-order valence-electron chi connectivity index (χ3n) is 3.68. The Morgan fingerprint density at radius 2 is 1.96 bits per heavy atom. The van der Waals surface area contributed by atoms with Crippen LogP contribution in [0.15, 0.2) is 42.7 Å². The number of hydrogen-bond acceptors (Lipinski definition) is 3. The topological polar surface area (TPSA) is 55.6 Å². The number of hydrogen-bond donors (Lipinski definition) is 1. The van der Waals surface area contributed by atoms with E-state index in [4.69, 9.17) is 27.9 Å². The maximum Gasteiger partial charge on any atom is 0.251 e. The van der Waals surface area contributed by atoms with Gasteiger partial charge in [0.1, 0.15) is 5.75 Å². The number of aromatic nitrogens is 2. The normalized spacial score (nSPS) is 11.1. The first-order valence-corrected chi connectivity index (χ1v) is 9.05. The number of carbonyl (C=O) groups is 1. The van der Waals surface area contributed by atoms with Crippen molar-refractivity contribution >= 4 is 34.8 Å². The molecule has 3 aromatic rings. The van der Waals surface area contributed by atoms with Crippen molar-refractivity contribution in [2.75, 3.05) is 6.54 Å². The van der Waals surface area contributed by atoms with Gasteiger partial charge in [-0.3, -0.25) is 4.79 Å². The molecule has 0 saturated carbocycles. The minimum Gasteiger partial charge on any atom is -0.491 e. The average Bonchev–Trinajstić information content (AvgIpc) is 2.98. The molecule has 136 valence electrons. The van der Waals surface area contributed by atoms with E-state index in [1.165, 1.54) is 0 Å². The van der Waals surface area contributed by atoms with E-state index < -0.39 is 0 Å². The molecule has 5 nitrogen and oxygen atoms in total. The van der Waals surface area contributed by atoms with E-state index in [-0.39, 0.29) is 12.0 Å². The van der Waals surface area contributed by atoms with Gasteiger partial charge in [0, 0.05) is 30.9 Å². The third-order valence-corrected chi connectivity index (χ3v) is 4.16. The van der Waals surface area contributed by atoms with Gasteiger partial charge in [-0.1, -0.05) is 23.2 Å². The molecular weight excluding hydrogens is 373 g/mol. The standard InChI is InChI=1S/C19H19Cl2N3O2/c1-12(2)26-16-5-3-13(4-6-16)19(25)22-8-7-15-11-24-10-14(20)9-17(21)18(24)23-15/h3-6,9-12H,7-8H2,1-2H3,(H,22,25). The Kier molecular flexibility index (Phi) is 5.69. The van der Waals surface area contributed by atoms with E-state index in [0.717, 1.165) is 11.4 Å². The van der Waals surface area contributed by atoms with Crippen molar-refractivity contribution in [3.63, 3.8) is 0 Å². The zero-order valence-corrected chi connectivity index (χ0v) is 16.0. The number of carbonyl (C=O) groups excluding carboxylic acids is 1. The van der Waals surface area contributed by atoms with Crippen LogP contribution in [0.2, 0.25) is 10.0 Å². The zero-order valence-electron chi connectivity index (χ0n) is 14.5. The second kappa shape index (κ2) is 7.98. The zero-order chi connectivity index (χ0) is 18.7. The minimum absolute atomic E-state index is 0.100. The molecule has 1 N–H and O–H groups in total. The summed E-state index contributed by atoms with van der Waals surface area (Å²) in [5.41, 5.74) is 2.07. The molecule has 0 aliphatic rings. The van der Waals surface area contributed by atoms with Crippen LogP contribution in [0.3, 0.4) is 0 Å². The Balaban J connectivity index is 1.57. The molecule has 2 aromatic heterocycles.